The predicted octanol–water partition coefficient (Wildman–Crippen LogP) is 5.02. The second-order valence-electron chi connectivity index (χ2n) is 6.93. The fraction of sp³-hybridized carbons (Fsp3) is 0.120. The fourth-order valence-corrected chi connectivity index (χ4v) is 3.12. The van der Waals surface area contributed by atoms with Gasteiger partial charge in [0.1, 0.15) is 24.7 Å². The highest BCUT2D eigenvalue weighted by Crippen LogP contribution is 2.19. The van der Waals surface area contributed by atoms with Gasteiger partial charge in [-0.15, -0.1) is 0 Å². The Bertz CT molecular complexity index is 1160. The first-order valence-corrected chi connectivity index (χ1v) is 9.66. The van der Waals surface area contributed by atoms with Gasteiger partial charge in [-0.05, 0) is 47.5 Å². The van der Waals surface area contributed by atoms with Crippen molar-refractivity contribution >= 4 is 16.9 Å². The van der Waals surface area contributed by atoms with Crippen LogP contribution >= 0.6 is 0 Å². The maximum absolute atomic E-state index is 10.8. The molecule has 0 atom stereocenters. The third kappa shape index (κ3) is 5.14. The lowest BCUT2D eigenvalue weighted by Gasteiger charge is -2.10. The smallest absolute Gasteiger partial charge is 0.307 e. The van der Waals surface area contributed by atoms with E-state index in [1.54, 1.807) is 24.3 Å². The molecule has 4 aromatic rings. The Labute approximate surface area is 174 Å². The number of aliphatic carboxylic acids is 1. The van der Waals surface area contributed by atoms with E-state index in [2.05, 4.69) is 4.98 Å². The minimum Gasteiger partial charge on any atom is -0.489 e. The van der Waals surface area contributed by atoms with Crippen molar-refractivity contribution in [1.29, 1.82) is 0 Å². The molecule has 0 radical (unpaired) electrons. The summed E-state index contributed by atoms with van der Waals surface area (Å²) in [5, 5.41) is 9.94. The summed E-state index contributed by atoms with van der Waals surface area (Å²) in [6.07, 6.45) is 0.00568. The number of rotatable bonds is 8. The summed E-state index contributed by atoms with van der Waals surface area (Å²) in [5.41, 5.74) is 3.55. The molecule has 0 fully saturated rings. The molecule has 5 nitrogen and oxygen atoms in total. The van der Waals surface area contributed by atoms with Crippen LogP contribution in [0.2, 0.25) is 0 Å². The molecule has 0 saturated heterocycles. The molecule has 4 rings (SSSR count). The number of hydrogen-bond donors (Lipinski definition) is 1. The lowest BCUT2D eigenvalue weighted by Crippen LogP contribution is -2.01. The topological polar surface area (TPSA) is 68.7 Å². The highest BCUT2D eigenvalue weighted by Gasteiger charge is 2.04. The van der Waals surface area contributed by atoms with Gasteiger partial charge in [0.15, 0.2) is 0 Å². The average molecular weight is 399 g/mol. The average Bonchev–Trinajstić information content (AvgIpc) is 2.77. The quantitative estimate of drug-likeness (QED) is 0.451. The zero-order valence-corrected chi connectivity index (χ0v) is 16.3. The highest BCUT2D eigenvalue weighted by atomic mass is 16.5. The molecule has 5 heteroatoms. The van der Waals surface area contributed by atoms with E-state index in [1.165, 1.54) is 0 Å². The van der Waals surface area contributed by atoms with Crippen molar-refractivity contribution in [3.05, 3.63) is 102 Å². The normalized spacial score (nSPS) is 10.7. The molecule has 0 amide bonds. The van der Waals surface area contributed by atoms with Crippen LogP contribution in [-0.2, 0) is 24.4 Å². The molecular weight excluding hydrogens is 378 g/mol. The van der Waals surface area contributed by atoms with Crippen molar-refractivity contribution in [2.45, 2.75) is 19.6 Å². The van der Waals surface area contributed by atoms with Crippen LogP contribution in [0.4, 0.5) is 0 Å². The van der Waals surface area contributed by atoms with E-state index >= 15 is 0 Å². The van der Waals surface area contributed by atoms with Crippen LogP contribution in [0.25, 0.3) is 10.9 Å². The predicted molar refractivity (Wildman–Crippen MR) is 115 cm³/mol. The molecule has 0 aliphatic heterocycles. The first kappa shape index (κ1) is 19.5. The van der Waals surface area contributed by atoms with Crippen LogP contribution in [0.3, 0.4) is 0 Å². The number of carboxylic acids is 1. The second-order valence-corrected chi connectivity index (χ2v) is 6.93. The number of hydrogen-bond acceptors (Lipinski definition) is 4. The highest BCUT2D eigenvalue weighted by molar-refractivity contribution is 5.78. The number of para-hydroxylation sites is 1. The van der Waals surface area contributed by atoms with Gasteiger partial charge in [0, 0.05) is 5.39 Å². The summed E-state index contributed by atoms with van der Waals surface area (Å²) in [6, 6.07) is 26.9. The number of ether oxygens (including phenoxy) is 2. The molecule has 0 bridgehead atoms. The first-order chi connectivity index (χ1) is 14.7. The van der Waals surface area contributed by atoms with Gasteiger partial charge in [-0.2, -0.15) is 0 Å². The number of aromatic nitrogens is 1. The molecule has 150 valence electrons. The number of fused-ring (bicyclic) bond motifs is 1. The standard InChI is InChI=1S/C25H21NO4/c27-25(28)15-18-8-12-22(13-9-18)29-16-19-4-3-6-23(14-19)30-17-21-11-10-20-5-1-2-7-24(20)26-21/h1-14H,15-17H2,(H,27,28). The Morgan fingerprint density at radius 3 is 2.40 bits per heavy atom. The monoisotopic (exact) mass is 399 g/mol. The number of carboxylic acid groups (broad SMARTS) is 1. The van der Waals surface area contributed by atoms with Crippen LogP contribution in [0.1, 0.15) is 16.8 Å². The van der Waals surface area contributed by atoms with Gasteiger partial charge in [0.25, 0.3) is 0 Å². The number of carbonyl (C=O) groups is 1. The lowest BCUT2D eigenvalue weighted by molar-refractivity contribution is -0.136. The van der Waals surface area contributed by atoms with Gasteiger partial charge in [0.2, 0.25) is 0 Å². The third-order valence-corrected chi connectivity index (χ3v) is 4.63. The van der Waals surface area contributed by atoms with Gasteiger partial charge in [-0.3, -0.25) is 4.79 Å². The third-order valence-electron chi connectivity index (χ3n) is 4.63. The van der Waals surface area contributed by atoms with Crippen molar-refractivity contribution in [3.8, 4) is 11.5 Å². The van der Waals surface area contributed by atoms with Crippen molar-refractivity contribution in [2.24, 2.45) is 0 Å². The Morgan fingerprint density at radius 1 is 0.767 bits per heavy atom. The summed E-state index contributed by atoms with van der Waals surface area (Å²) in [6.45, 7) is 0.782. The molecule has 0 spiro atoms. The molecule has 0 aliphatic rings. The summed E-state index contributed by atoms with van der Waals surface area (Å²) < 4.78 is 11.7. The zero-order valence-electron chi connectivity index (χ0n) is 16.3. The number of pyridine rings is 1. The van der Waals surface area contributed by atoms with Crippen LogP contribution in [0.15, 0.2) is 84.9 Å². The largest absolute Gasteiger partial charge is 0.489 e. The Morgan fingerprint density at radius 2 is 1.57 bits per heavy atom. The summed E-state index contributed by atoms with van der Waals surface area (Å²) in [4.78, 5) is 15.4. The molecule has 30 heavy (non-hydrogen) atoms. The van der Waals surface area contributed by atoms with Gasteiger partial charge < -0.3 is 14.6 Å². The zero-order chi connectivity index (χ0) is 20.8. The molecule has 0 saturated carbocycles. The molecule has 1 heterocycles. The lowest BCUT2D eigenvalue weighted by atomic mass is 10.1. The van der Waals surface area contributed by atoms with Crippen LogP contribution in [-0.4, -0.2) is 16.1 Å². The molecule has 0 unspecified atom stereocenters. The van der Waals surface area contributed by atoms with Gasteiger partial charge >= 0.3 is 5.97 Å². The minimum atomic E-state index is -0.848. The Kier molecular flexibility index (Phi) is 5.90. The van der Waals surface area contributed by atoms with Crippen molar-refractivity contribution in [2.75, 3.05) is 0 Å². The van der Waals surface area contributed by atoms with Crippen LogP contribution in [0.5, 0.6) is 11.5 Å². The maximum Gasteiger partial charge on any atom is 0.307 e. The van der Waals surface area contributed by atoms with Gasteiger partial charge in [-0.1, -0.05) is 48.5 Å². The molecular formula is C25H21NO4. The van der Waals surface area contributed by atoms with E-state index in [9.17, 15) is 4.79 Å². The van der Waals surface area contributed by atoms with Crippen LogP contribution < -0.4 is 9.47 Å². The Hall–Kier alpha value is -3.86. The van der Waals surface area contributed by atoms with Crippen molar-refractivity contribution in [3.63, 3.8) is 0 Å². The van der Waals surface area contributed by atoms with E-state index in [-0.39, 0.29) is 6.42 Å². The van der Waals surface area contributed by atoms with Gasteiger partial charge in [0.05, 0.1) is 17.6 Å². The van der Waals surface area contributed by atoms with Crippen LogP contribution in [0, 0.1) is 0 Å². The molecule has 0 aliphatic carbocycles. The van der Waals surface area contributed by atoms with E-state index in [0.29, 0.717) is 19.0 Å². The number of benzene rings is 3. The maximum atomic E-state index is 10.8. The van der Waals surface area contributed by atoms with Crippen molar-refractivity contribution in [1.82, 2.24) is 4.98 Å². The number of nitrogens with zero attached hydrogens (tertiary/aromatic N) is 1. The fourth-order valence-electron chi connectivity index (χ4n) is 3.12. The SMILES string of the molecule is O=C(O)Cc1ccc(OCc2cccc(OCc3ccc4ccccc4n3)c2)cc1. The van der Waals surface area contributed by atoms with E-state index in [0.717, 1.165) is 33.5 Å². The summed E-state index contributed by atoms with van der Waals surface area (Å²) >= 11 is 0. The molecule has 1 N–H and O–H groups in total. The molecule has 1 aromatic heterocycles. The van der Waals surface area contributed by atoms with Crippen molar-refractivity contribution < 1.29 is 19.4 Å². The molecule has 3 aromatic carbocycles. The van der Waals surface area contributed by atoms with E-state index < -0.39 is 5.97 Å². The summed E-state index contributed by atoms with van der Waals surface area (Å²) in [5.74, 6) is 0.595. The van der Waals surface area contributed by atoms with Gasteiger partial charge in [-0.25, -0.2) is 4.98 Å². The minimum absolute atomic E-state index is 0.00568. The van der Waals surface area contributed by atoms with E-state index in [1.807, 2.05) is 60.7 Å². The summed E-state index contributed by atoms with van der Waals surface area (Å²) in [7, 11) is 0. The Balaban J connectivity index is 1.34. The van der Waals surface area contributed by atoms with E-state index in [4.69, 9.17) is 14.6 Å². The second kappa shape index (κ2) is 9.09. The first-order valence-electron chi connectivity index (χ1n) is 9.66.